The lowest BCUT2D eigenvalue weighted by molar-refractivity contribution is -0.130. The van der Waals surface area contributed by atoms with Crippen LogP contribution in [0.5, 0.6) is 0 Å². The number of hydrogen-bond donors (Lipinski definition) is 2. The molecule has 9 nitrogen and oxygen atoms in total. The third kappa shape index (κ3) is 9.54. The summed E-state index contributed by atoms with van der Waals surface area (Å²) in [5.74, 6) is -3.10. The molecule has 1 aliphatic heterocycles. The zero-order valence-corrected chi connectivity index (χ0v) is 29.7. The number of aromatic nitrogens is 3. The Labute approximate surface area is 296 Å². The van der Waals surface area contributed by atoms with Gasteiger partial charge in [0.05, 0.1) is 29.8 Å². The fourth-order valence-corrected chi connectivity index (χ4v) is 8.24. The van der Waals surface area contributed by atoms with Crippen LogP contribution in [0.1, 0.15) is 92.4 Å². The first-order chi connectivity index (χ1) is 24.3. The van der Waals surface area contributed by atoms with Crippen molar-refractivity contribution < 1.29 is 13.6 Å². The van der Waals surface area contributed by atoms with Gasteiger partial charge < -0.3 is 20.5 Å². The van der Waals surface area contributed by atoms with Gasteiger partial charge in [-0.1, -0.05) is 36.4 Å². The number of carbonyl (C=O) groups is 1. The Bertz CT molecular complexity index is 1490. The highest BCUT2D eigenvalue weighted by atomic mass is 19.3. The maximum Gasteiger partial charge on any atom is 0.248 e. The number of carbonyl (C=O) groups excluding carboxylic acids is 1. The first-order valence-corrected chi connectivity index (χ1v) is 18.8. The van der Waals surface area contributed by atoms with Crippen LogP contribution in [-0.2, 0) is 24.8 Å². The van der Waals surface area contributed by atoms with Crippen molar-refractivity contribution in [3.05, 3.63) is 83.7 Å². The van der Waals surface area contributed by atoms with Gasteiger partial charge in [0.15, 0.2) is 0 Å². The molecule has 2 aromatic heterocycles. The first-order valence-electron chi connectivity index (χ1n) is 18.8. The lowest BCUT2D eigenvalue weighted by Gasteiger charge is -2.45. The maximum atomic E-state index is 13.9. The number of nitrogens with two attached hydrogens (primary N) is 1. The fraction of sp³-hybridized carbons (Fsp3) is 0.615. The molecule has 1 saturated carbocycles. The molecule has 3 heterocycles. The van der Waals surface area contributed by atoms with Crippen LogP contribution in [0.4, 0.5) is 8.78 Å². The van der Waals surface area contributed by atoms with E-state index in [2.05, 4.69) is 60.9 Å². The molecule has 3 N–H and O–H groups in total. The van der Waals surface area contributed by atoms with Crippen molar-refractivity contribution in [2.75, 3.05) is 45.8 Å². The van der Waals surface area contributed by atoms with Crippen LogP contribution >= 0.6 is 0 Å². The summed E-state index contributed by atoms with van der Waals surface area (Å²) < 4.78 is 29.8. The Kier molecular flexibility index (Phi) is 12.6. The van der Waals surface area contributed by atoms with Crippen LogP contribution in [0, 0.1) is 5.92 Å². The van der Waals surface area contributed by atoms with Gasteiger partial charge in [0.2, 0.25) is 11.8 Å². The number of nitrogens with zero attached hydrogens (tertiary/aromatic N) is 6. The van der Waals surface area contributed by atoms with E-state index >= 15 is 0 Å². The second-order valence-corrected chi connectivity index (χ2v) is 14.8. The van der Waals surface area contributed by atoms with E-state index in [4.69, 9.17) is 10.7 Å². The molecule has 2 fully saturated rings. The average molecular weight is 691 g/mol. The second kappa shape index (κ2) is 17.3. The number of nitrogens with one attached hydrogen (secondary N) is 1. The summed E-state index contributed by atoms with van der Waals surface area (Å²) in [7, 11) is 2.06. The van der Waals surface area contributed by atoms with Gasteiger partial charge in [0.1, 0.15) is 0 Å². The molecule has 1 amide bonds. The summed E-state index contributed by atoms with van der Waals surface area (Å²) in [5.41, 5.74) is 10.8. The lowest BCUT2D eigenvalue weighted by Crippen LogP contribution is -2.57. The number of rotatable bonds is 15. The summed E-state index contributed by atoms with van der Waals surface area (Å²) >= 11 is 0. The van der Waals surface area contributed by atoms with Crippen molar-refractivity contribution in [1.29, 1.82) is 0 Å². The molecule has 3 aliphatic rings. The number of fused-ring (bicyclic) bond motifs is 1. The van der Waals surface area contributed by atoms with Crippen LogP contribution in [0.25, 0.3) is 0 Å². The number of unbranched alkanes of at least 4 members (excludes halogenated alkanes) is 1. The van der Waals surface area contributed by atoms with E-state index < -0.39 is 5.92 Å². The van der Waals surface area contributed by atoms with Crippen LogP contribution in [0.15, 0.2) is 61.2 Å². The van der Waals surface area contributed by atoms with Crippen molar-refractivity contribution in [2.24, 2.45) is 18.7 Å². The number of benzene rings is 1. The molecule has 3 aromatic rings. The summed E-state index contributed by atoms with van der Waals surface area (Å²) in [6.07, 6.45) is 12.0. The minimum Gasteiger partial charge on any atom is -0.349 e. The van der Waals surface area contributed by atoms with Crippen LogP contribution in [0.3, 0.4) is 0 Å². The Morgan fingerprint density at radius 1 is 1.10 bits per heavy atom. The largest absolute Gasteiger partial charge is 0.349 e. The molecule has 6 rings (SSSR count). The van der Waals surface area contributed by atoms with E-state index in [0.717, 1.165) is 83.5 Å². The highest BCUT2D eigenvalue weighted by Crippen LogP contribution is 2.37. The number of piperazine rings is 1. The number of aryl methyl sites for hydroxylation is 2. The molecule has 3 atom stereocenters. The van der Waals surface area contributed by atoms with E-state index in [0.29, 0.717) is 18.6 Å². The zero-order valence-electron chi connectivity index (χ0n) is 29.7. The summed E-state index contributed by atoms with van der Waals surface area (Å²) in [6, 6.07) is 14.8. The van der Waals surface area contributed by atoms with Gasteiger partial charge in [-0.3, -0.25) is 19.6 Å². The smallest absolute Gasteiger partial charge is 0.248 e. The molecule has 1 saturated heterocycles. The van der Waals surface area contributed by atoms with Crippen molar-refractivity contribution in [2.45, 2.75) is 94.8 Å². The zero-order chi connectivity index (χ0) is 34.9. The molecule has 1 unspecified atom stereocenters. The molecule has 0 radical (unpaired) electrons. The van der Waals surface area contributed by atoms with E-state index in [1.165, 1.54) is 23.4 Å². The quantitative estimate of drug-likeness (QED) is 0.204. The number of halogens is 2. The predicted octanol–water partition coefficient (Wildman–Crippen LogP) is 5.49. The van der Waals surface area contributed by atoms with Gasteiger partial charge in [-0.05, 0) is 81.6 Å². The SMILES string of the molecule is Cn1cncc1CN1CCN(CCC(NC(=O)C2CCC(F)(F)CC2)c2ccccc2)C[C@@H]1CN(CCCCN)[C@H]1CCCc2cccnc21. The van der Waals surface area contributed by atoms with Gasteiger partial charge in [-0.25, -0.2) is 13.8 Å². The number of amides is 1. The van der Waals surface area contributed by atoms with Gasteiger partial charge in [0, 0.05) is 83.5 Å². The van der Waals surface area contributed by atoms with E-state index in [1.807, 2.05) is 36.9 Å². The lowest BCUT2D eigenvalue weighted by atomic mass is 9.86. The Morgan fingerprint density at radius 3 is 2.68 bits per heavy atom. The Balaban J connectivity index is 1.17. The first kappa shape index (κ1) is 36.5. The number of imidazole rings is 1. The summed E-state index contributed by atoms with van der Waals surface area (Å²) in [4.78, 5) is 30.6. The molecular weight excluding hydrogens is 634 g/mol. The van der Waals surface area contributed by atoms with Crippen LogP contribution in [0.2, 0.25) is 0 Å². The van der Waals surface area contributed by atoms with Gasteiger partial charge in [0.25, 0.3) is 0 Å². The van der Waals surface area contributed by atoms with Gasteiger partial charge >= 0.3 is 0 Å². The molecule has 0 bridgehead atoms. The highest BCUT2D eigenvalue weighted by Gasteiger charge is 2.38. The van der Waals surface area contributed by atoms with Crippen molar-refractivity contribution in [1.82, 2.24) is 34.6 Å². The van der Waals surface area contributed by atoms with Crippen molar-refractivity contribution >= 4 is 5.91 Å². The standard InChI is InChI=1S/C39H56F2N8O/c1-46-29-43-25-33(46)27-48-24-23-47(22-16-35(30-9-3-2-4-10-30)45-38(50)32-14-17-39(40,41)18-15-32)26-34(48)28-49(21-6-5-19-42)36-13-7-11-31-12-8-20-44-37(31)36/h2-4,8-10,12,20,25,29,32,34-36H,5-7,11,13-19,21-24,26-28,42H2,1H3,(H,45,50)/t34-,35?,36+/m1/s1. The highest BCUT2D eigenvalue weighted by molar-refractivity contribution is 5.79. The number of hydrogen-bond acceptors (Lipinski definition) is 7. The molecular formula is C39H56F2N8O. The topological polar surface area (TPSA) is 95.6 Å². The number of pyridine rings is 1. The fourth-order valence-electron chi connectivity index (χ4n) is 8.24. The minimum atomic E-state index is -2.65. The van der Waals surface area contributed by atoms with Crippen molar-refractivity contribution in [3.63, 3.8) is 0 Å². The van der Waals surface area contributed by atoms with Crippen molar-refractivity contribution in [3.8, 4) is 0 Å². The van der Waals surface area contributed by atoms with Crippen LogP contribution < -0.4 is 11.1 Å². The normalized spacial score (nSPS) is 22.3. The summed E-state index contributed by atoms with van der Waals surface area (Å²) in [5, 5.41) is 3.28. The average Bonchev–Trinajstić information content (AvgIpc) is 3.54. The van der Waals surface area contributed by atoms with E-state index in [9.17, 15) is 13.6 Å². The molecule has 0 spiro atoms. The molecule has 50 heavy (non-hydrogen) atoms. The minimum absolute atomic E-state index is 0.0947. The molecule has 272 valence electrons. The van der Waals surface area contributed by atoms with E-state index in [1.54, 1.807) is 0 Å². The third-order valence-corrected chi connectivity index (χ3v) is 11.3. The molecule has 2 aliphatic carbocycles. The summed E-state index contributed by atoms with van der Waals surface area (Å²) in [6.45, 7) is 7.08. The Hall–Kier alpha value is -3.25. The predicted molar refractivity (Wildman–Crippen MR) is 192 cm³/mol. The second-order valence-electron chi connectivity index (χ2n) is 14.8. The molecule has 1 aromatic carbocycles. The van der Waals surface area contributed by atoms with Gasteiger partial charge in [-0.15, -0.1) is 0 Å². The van der Waals surface area contributed by atoms with Gasteiger partial charge in [-0.2, -0.15) is 0 Å². The maximum absolute atomic E-state index is 13.9. The third-order valence-electron chi connectivity index (χ3n) is 11.3. The molecule has 11 heteroatoms. The van der Waals surface area contributed by atoms with E-state index in [-0.39, 0.29) is 43.6 Å². The van der Waals surface area contributed by atoms with Crippen LogP contribution in [-0.4, -0.2) is 92.9 Å². The Morgan fingerprint density at radius 2 is 1.92 bits per heavy atom. The number of alkyl halides is 2. The monoisotopic (exact) mass is 690 g/mol.